The molecule has 19 heavy (non-hydrogen) atoms. The first-order chi connectivity index (χ1) is 9.11. The van der Waals surface area contributed by atoms with Gasteiger partial charge in [0.1, 0.15) is 0 Å². The third-order valence-corrected chi connectivity index (χ3v) is 3.65. The van der Waals surface area contributed by atoms with Gasteiger partial charge in [-0.1, -0.05) is 6.92 Å². The molecular formula is C12H18BrN5O. The number of hydrogen-bond donors (Lipinski definition) is 1. The molecule has 104 valence electrons. The molecule has 6 nitrogen and oxygen atoms in total. The highest BCUT2D eigenvalue weighted by atomic mass is 79.9. The molecule has 1 atom stereocenters. The Morgan fingerprint density at radius 3 is 2.47 bits per heavy atom. The van der Waals surface area contributed by atoms with Crippen molar-refractivity contribution in [2.75, 3.05) is 31.1 Å². The van der Waals surface area contributed by atoms with Crippen LogP contribution in [0.15, 0.2) is 16.9 Å². The van der Waals surface area contributed by atoms with E-state index in [4.69, 9.17) is 5.73 Å². The number of anilines is 1. The van der Waals surface area contributed by atoms with Crippen LogP contribution in [0.25, 0.3) is 0 Å². The van der Waals surface area contributed by atoms with Gasteiger partial charge in [0.15, 0.2) is 0 Å². The number of nitrogens with zero attached hydrogens (tertiary/aromatic N) is 4. The first kappa shape index (κ1) is 14.2. The molecule has 1 aliphatic rings. The van der Waals surface area contributed by atoms with Gasteiger partial charge in [-0.2, -0.15) is 0 Å². The second-order valence-corrected chi connectivity index (χ2v) is 5.44. The van der Waals surface area contributed by atoms with Crippen LogP contribution in [-0.2, 0) is 4.79 Å². The number of carbonyl (C=O) groups is 1. The minimum absolute atomic E-state index is 0.0406. The maximum absolute atomic E-state index is 12.0. The van der Waals surface area contributed by atoms with E-state index in [1.807, 2.05) is 11.8 Å². The zero-order valence-corrected chi connectivity index (χ0v) is 12.5. The number of amides is 1. The predicted molar refractivity (Wildman–Crippen MR) is 76.8 cm³/mol. The maximum atomic E-state index is 12.0. The Morgan fingerprint density at radius 2 is 1.95 bits per heavy atom. The summed E-state index contributed by atoms with van der Waals surface area (Å²) < 4.78 is 0.860. The van der Waals surface area contributed by atoms with Crippen LogP contribution in [0.5, 0.6) is 0 Å². The van der Waals surface area contributed by atoms with Gasteiger partial charge in [0.05, 0.1) is 10.5 Å². The fourth-order valence-corrected chi connectivity index (χ4v) is 2.21. The molecule has 7 heteroatoms. The fourth-order valence-electron chi connectivity index (χ4n) is 2.00. The van der Waals surface area contributed by atoms with Crippen LogP contribution in [0.1, 0.15) is 13.3 Å². The largest absolute Gasteiger partial charge is 0.338 e. The molecule has 1 unspecified atom stereocenters. The van der Waals surface area contributed by atoms with Crippen molar-refractivity contribution in [3.63, 3.8) is 0 Å². The van der Waals surface area contributed by atoms with Crippen molar-refractivity contribution in [2.24, 2.45) is 5.73 Å². The molecule has 2 N–H and O–H groups in total. The zero-order chi connectivity index (χ0) is 13.8. The number of rotatable bonds is 3. The van der Waals surface area contributed by atoms with Crippen molar-refractivity contribution >= 4 is 27.8 Å². The molecule has 0 spiro atoms. The van der Waals surface area contributed by atoms with Gasteiger partial charge in [-0.15, -0.1) is 0 Å². The normalized spacial score (nSPS) is 17.4. The average Bonchev–Trinajstić information content (AvgIpc) is 2.46. The van der Waals surface area contributed by atoms with E-state index in [0.29, 0.717) is 25.5 Å². The molecule has 0 saturated carbocycles. The number of aromatic nitrogens is 2. The highest BCUT2D eigenvalue weighted by Crippen LogP contribution is 2.13. The lowest BCUT2D eigenvalue weighted by Gasteiger charge is -2.35. The summed E-state index contributed by atoms with van der Waals surface area (Å²) in [6.07, 6.45) is 4.13. The lowest BCUT2D eigenvalue weighted by Crippen LogP contribution is -2.53. The lowest BCUT2D eigenvalue weighted by molar-refractivity contribution is -0.132. The minimum atomic E-state index is -0.379. The molecule has 1 fully saturated rings. The summed E-state index contributed by atoms with van der Waals surface area (Å²) in [5.41, 5.74) is 5.78. The molecule has 0 bridgehead atoms. The van der Waals surface area contributed by atoms with Crippen molar-refractivity contribution in [1.29, 1.82) is 0 Å². The number of nitrogens with two attached hydrogens (primary N) is 1. The van der Waals surface area contributed by atoms with Crippen LogP contribution in [0.3, 0.4) is 0 Å². The summed E-state index contributed by atoms with van der Waals surface area (Å²) in [4.78, 5) is 24.4. The van der Waals surface area contributed by atoms with Gasteiger partial charge >= 0.3 is 0 Å². The van der Waals surface area contributed by atoms with Gasteiger partial charge in [-0.25, -0.2) is 9.97 Å². The van der Waals surface area contributed by atoms with Crippen LogP contribution < -0.4 is 10.6 Å². The predicted octanol–water partition coefficient (Wildman–Crippen LogP) is 0.625. The Morgan fingerprint density at radius 1 is 1.37 bits per heavy atom. The molecule has 1 aromatic rings. The molecule has 1 saturated heterocycles. The SMILES string of the molecule is CCC(N)C(=O)N1CCN(c2ncc(Br)cn2)CC1. The smallest absolute Gasteiger partial charge is 0.239 e. The van der Waals surface area contributed by atoms with E-state index in [-0.39, 0.29) is 11.9 Å². The molecular weight excluding hydrogens is 310 g/mol. The standard InChI is InChI=1S/C12H18BrN5O/c1-2-10(14)11(19)17-3-5-18(6-4-17)12-15-7-9(13)8-16-12/h7-8,10H,2-6,14H2,1H3. The van der Waals surface area contributed by atoms with Crippen molar-refractivity contribution in [2.45, 2.75) is 19.4 Å². The van der Waals surface area contributed by atoms with Gasteiger partial charge in [-0.3, -0.25) is 4.79 Å². The highest BCUT2D eigenvalue weighted by Gasteiger charge is 2.25. The van der Waals surface area contributed by atoms with Crippen molar-refractivity contribution in [3.8, 4) is 0 Å². The third-order valence-electron chi connectivity index (χ3n) is 3.24. The summed E-state index contributed by atoms with van der Waals surface area (Å²) >= 11 is 3.31. The molecule has 0 radical (unpaired) electrons. The monoisotopic (exact) mass is 327 g/mol. The third kappa shape index (κ3) is 3.42. The van der Waals surface area contributed by atoms with Crippen molar-refractivity contribution in [1.82, 2.24) is 14.9 Å². The van der Waals surface area contributed by atoms with E-state index >= 15 is 0 Å². The van der Waals surface area contributed by atoms with E-state index in [1.54, 1.807) is 12.4 Å². The van der Waals surface area contributed by atoms with Gasteiger partial charge in [0.25, 0.3) is 0 Å². The summed E-state index contributed by atoms with van der Waals surface area (Å²) in [5.74, 6) is 0.744. The highest BCUT2D eigenvalue weighted by molar-refractivity contribution is 9.10. The van der Waals surface area contributed by atoms with E-state index in [0.717, 1.165) is 17.6 Å². The Labute approximate surface area is 121 Å². The molecule has 2 heterocycles. The van der Waals surface area contributed by atoms with Crippen LogP contribution in [0.4, 0.5) is 5.95 Å². The number of hydrogen-bond acceptors (Lipinski definition) is 5. The van der Waals surface area contributed by atoms with E-state index in [1.165, 1.54) is 0 Å². The van der Waals surface area contributed by atoms with Crippen LogP contribution >= 0.6 is 15.9 Å². The van der Waals surface area contributed by atoms with Crippen LogP contribution in [-0.4, -0.2) is 53.0 Å². The molecule has 0 aromatic carbocycles. The first-order valence-electron chi connectivity index (χ1n) is 6.38. The van der Waals surface area contributed by atoms with Gasteiger partial charge < -0.3 is 15.5 Å². The Kier molecular flexibility index (Phi) is 4.71. The fraction of sp³-hybridized carbons (Fsp3) is 0.583. The summed E-state index contributed by atoms with van der Waals surface area (Å²) in [6, 6.07) is -0.379. The van der Waals surface area contributed by atoms with E-state index in [9.17, 15) is 4.79 Å². The lowest BCUT2D eigenvalue weighted by atomic mass is 10.2. The second-order valence-electron chi connectivity index (χ2n) is 4.53. The first-order valence-corrected chi connectivity index (χ1v) is 7.18. The summed E-state index contributed by atoms with van der Waals surface area (Å²) in [7, 11) is 0. The Bertz CT molecular complexity index is 430. The maximum Gasteiger partial charge on any atom is 0.239 e. The Hall–Kier alpha value is -1.21. The van der Waals surface area contributed by atoms with Gasteiger partial charge in [0, 0.05) is 38.6 Å². The average molecular weight is 328 g/mol. The van der Waals surface area contributed by atoms with E-state index < -0.39 is 0 Å². The summed E-state index contributed by atoms with van der Waals surface area (Å²) in [5, 5.41) is 0. The Balaban J connectivity index is 1.92. The van der Waals surface area contributed by atoms with Gasteiger partial charge in [-0.05, 0) is 22.4 Å². The second kappa shape index (κ2) is 6.29. The molecule has 2 rings (SSSR count). The number of halogens is 1. The van der Waals surface area contributed by atoms with Crippen LogP contribution in [0.2, 0.25) is 0 Å². The van der Waals surface area contributed by atoms with Gasteiger partial charge in [0.2, 0.25) is 11.9 Å². The summed E-state index contributed by atoms with van der Waals surface area (Å²) in [6.45, 7) is 4.75. The molecule has 1 aliphatic heterocycles. The van der Waals surface area contributed by atoms with E-state index in [2.05, 4.69) is 30.8 Å². The van der Waals surface area contributed by atoms with Crippen molar-refractivity contribution < 1.29 is 4.79 Å². The minimum Gasteiger partial charge on any atom is -0.338 e. The number of piperazine rings is 1. The quantitative estimate of drug-likeness (QED) is 0.881. The van der Waals surface area contributed by atoms with Crippen LogP contribution in [0, 0.1) is 0 Å². The topological polar surface area (TPSA) is 75.4 Å². The molecule has 1 aromatic heterocycles. The molecule has 1 amide bonds. The zero-order valence-electron chi connectivity index (χ0n) is 10.9. The molecule has 0 aliphatic carbocycles. The number of carbonyl (C=O) groups excluding carboxylic acids is 1. The van der Waals surface area contributed by atoms with Crippen molar-refractivity contribution in [3.05, 3.63) is 16.9 Å².